The van der Waals surface area contributed by atoms with Gasteiger partial charge in [0.2, 0.25) is 6.29 Å². The van der Waals surface area contributed by atoms with E-state index in [0.29, 0.717) is 0 Å². The van der Waals surface area contributed by atoms with E-state index >= 15 is 0 Å². The molecule has 0 bridgehead atoms. The molecule has 0 rings (SSSR count). The van der Waals surface area contributed by atoms with Crippen molar-refractivity contribution in [3.8, 4) is 0 Å². The van der Waals surface area contributed by atoms with Gasteiger partial charge in [0.1, 0.15) is 0 Å². The maximum atomic E-state index is 12.2. The molecule has 0 aromatic carbocycles. The quantitative estimate of drug-likeness (QED) is 0.509. The van der Waals surface area contributed by atoms with Gasteiger partial charge in [0, 0.05) is 0 Å². The Morgan fingerprint density at radius 3 is 0.923 bits per heavy atom. The van der Waals surface area contributed by atoms with Crippen molar-refractivity contribution in [3.63, 3.8) is 0 Å². The molecule has 13 heavy (non-hydrogen) atoms. The van der Waals surface area contributed by atoms with E-state index in [4.69, 9.17) is 10.2 Å². The minimum atomic E-state index is -6.43. The van der Waals surface area contributed by atoms with Crippen LogP contribution in [0, 0.1) is 0 Å². The lowest BCUT2D eigenvalue weighted by Crippen LogP contribution is -2.60. The van der Waals surface area contributed by atoms with Gasteiger partial charge in [-0.15, -0.1) is 0 Å². The van der Waals surface area contributed by atoms with Gasteiger partial charge in [0.05, 0.1) is 0 Å². The zero-order chi connectivity index (χ0) is 11.1. The van der Waals surface area contributed by atoms with E-state index < -0.39 is 24.3 Å². The third-order valence-electron chi connectivity index (χ3n) is 1.18. The molecule has 0 amide bonds. The number of rotatable bonds is 1. The van der Waals surface area contributed by atoms with Gasteiger partial charge in [-0.1, -0.05) is 0 Å². The second kappa shape index (κ2) is 2.98. The first kappa shape index (κ1) is 12.4. The fourth-order valence-electron chi connectivity index (χ4n) is 0.453. The summed E-state index contributed by atoms with van der Waals surface area (Å²) in [7, 11) is 0. The topological polar surface area (TPSA) is 40.5 Å². The van der Waals surface area contributed by atoms with Gasteiger partial charge in [-0.2, -0.15) is 26.3 Å². The third kappa shape index (κ3) is 1.85. The van der Waals surface area contributed by atoms with Crippen molar-refractivity contribution < 1.29 is 40.9 Å². The Morgan fingerprint density at radius 2 is 0.923 bits per heavy atom. The van der Waals surface area contributed by atoms with Gasteiger partial charge in [-0.05, 0) is 0 Å². The lowest BCUT2D eigenvalue weighted by molar-refractivity contribution is -0.390. The third-order valence-corrected chi connectivity index (χ3v) is 1.18. The van der Waals surface area contributed by atoms with Crippen molar-refractivity contribution in [2.24, 2.45) is 0 Å². The molecule has 2 N–H and O–H groups in total. The molecule has 2 nitrogen and oxygen atoms in total. The van der Waals surface area contributed by atoms with Crippen molar-refractivity contribution in [3.05, 3.63) is 0 Å². The summed E-state index contributed by atoms with van der Waals surface area (Å²) in [6.45, 7) is 0. The van der Waals surface area contributed by atoms with E-state index in [2.05, 4.69) is 0 Å². The van der Waals surface area contributed by atoms with Crippen LogP contribution in [0.15, 0.2) is 0 Å². The van der Waals surface area contributed by atoms with Crippen molar-refractivity contribution in [2.45, 2.75) is 24.3 Å². The van der Waals surface area contributed by atoms with Crippen LogP contribution >= 0.6 is 0 Å². The maximum Gasteiger partial charge on any atom is 0.436 e. The van der Waals surface area contributed by atoms with Crippen LogP contribution in [-0.2, 0) is 0 Å². The molecule has 0 aromatic heterocycles. The average Bonchev–Trinajstić information content (AvgIpc) is 1.80. The van der Waals surface area contributed by atoms with Gasteiger partial charge in [0.15, 0.2) is 0 Å². The van der Waals surface area contributed by atoms with Gasteiger partial charge in [-0.3, -0.25) is 0 Å². The number of halogens is 7. The normalized spacial score (nSPS) is 15.2. The fraction of sp³-hybridized carbons (Fsp3) is 1.00. The minimum absolute atomic E-state index is 4.20. The summed E-state index contributed by atoms with van der Waals surface area (Å²) in [4.78, 5) is 0. The molecule has 0 saturated carbocycles. The molecule has 0 spiro atoms. The van der Waals surface area contributed by atoms with E-state index in [1.807, 2.05) is 0 Å². The first-order chi connectivity index (χ1) is 5.44. The number of aliphatic hydroxyl groups is 2. The lowest BCUT2D eigenvalue weighted by Gasteiger charge is -2.30. The zero-order valence-corrected chi connectivity index (χ0v) is 5.62. The summed E-state index contributed by atoms with van der Waals surface area (Å²) in [6.07, 6.45) is -17.1. The summed E-state index contributed by atoms with van der Waals surface area (Å²) >= 11 is 0. The average molecular weight is 216 g/mol. The SMILES string of the molecule is OC(O)C(F)(C(F)(F)F)C(F)(F)F. The number of aliphatic hydroxyl groups excluding tert-OH is 1. The van der Waals surface area contributed by atoms with E-state index in [9.17, 15) is 30.7 Å². The zero-order valence-electron chi connectivity index (χ0n) is 5.62. The van der Waals surface area contributed by atoms with Crippen LogP contribution in [0.1, 0.15) is 0 Å². The molecule has 9 heteroatoms. The van der Waals surface area contributed by atoms with Gasteiger partial charge < -0.3 is 10.2 Å². The van der Waals surface area contributed by atoms with Gasteiger partial charge in [-0.25, -0.2) is 4.39 Å². The summed E-state index contributed by atoms with van der Waals surface area (Å²) < 4.78 is 80.8. The second-order valence-corrected chi connectivity index (χ2v) is 2.08. The van der Waals surface area contributed by atoms with Crippen LogP contribution in [0.3, 0.4) is 0 Å². The predicted octanol–water partition coefficient (Wildman–Crippen LogP) is 1.13. The molecule has 0 saturated heterocycles. The second-order valence-electron chi connectivity index (χ2n) is 2.08. The first-order valence-electron chi connectivity index (χ1n) is 2.63. The molecule has 0 fully saturated rings. The number of hydrogen-bond donors (Lipinski definition) is 2. The highest BCUT2D eigenvalue weighted by Crippen LogP contribution is 2.47. The Hall–Kier alpha value is -0.570. The number of hydrogen-bond acceptors (Lipinski definition) is 2. The monoisotopic (exact) mass is 216 g/mol. The molecule has 0 atom stereocenters. The molecule has 0 aliphatic carbocycles. The summed E-state index contributed by atoms with van der Waals surface area (Å²) in [5.41, 5.74) is -6.01. The van der Waals surface area contributed by atoms with Crippen molar-refractivity contribution in [1.29, 1.82) is 0 Å². The first-order valence-corrected chi connectivity index (χ1v) is 2.63. The summed E-state index contributed by atoms with van der Waals surface area (Å²) in [5.74, 6) is 0. The predicted molar refractivity (Wildman–Crippen MR) is 24.2 cm³/mol. The van der Waals surface area contributed by atoms with Crippen LogP contribution in [-0.4, -0.2) is 34.5 Å². The molecule has 0 aliphatic heterocycles. The lowest BCUT2D eigenvalue weighted by atomic mass is 10.1. The van der Waals surface area contributed by atoms with Crippen molar-refractivity contribution in [1.82, 2.24) is 0 Å². The van der Waals surface area contributed by atoms with Crippen LogP contribution in [0.5, 0.6) is 0 Å². The Morgan fingerprint density at radius 1 is 0.692 bits per heavy atom. The Kier molecular flexibility index (Phi) is 2.85. The van der Waals surface area contributed by atoms with Crippen molar-refractivity contribution in [2.75, 3.05) is 0 Å². The highest BCUT2D eigenvalue weighted by Gasteiger charge is 2.76. The Labute approximate surface area is 66.6 Å². The highest BCUT2D eigenvalue weighted by molar-refractivity contribution is 4.96. The maximum absolute atomic E-state index is 12.2. The molecule has 0 radical (unpaired) electrons. The Bertz CT molecular complexity index is 166. The standard InChI is InChI=1S/C4H3F7O2/c5-2(1(12)13,3(6,7)8)4(9,10)11/h1,12-13H. The molecular formula is C4H3F7O2. The van der Waals surface area contributed by atoms with Crippen LogP contribution < -0.4 is 0 Å². The van der Waals surface area contributed by atoms with E-state index in [1.54, 1.807) is 0 Å². The molecule has 80 valence electrons. The summed E-state index contributed by atoms with van der Waals surface area (Å²) in [6, 6.07) is 0. The number of alkyl halides is 7. The largest absolute Gasteiger partial charge is 0.436 e. The van der Waals surface area contributed by atoms with Gasteiger partial charge >= 0.3 is 18.0 Å². The van der Waals surface area contributed by atoms with E-state index in [-0.39, 0.29) is 0 Å². The van der Waals surface area contributed by atoms with Crippen LogP contribution in [0.2, 0.25) is 0 Å². The van der Waals surface area contributed by atoms with Crippen LogP contribution in [0.25, 0.3) is 0 Å². The molecule has 0 aliphatic rings. The fourth-order valence-corrected chi connectivity index (χ4v) is 0.453. The smallest absolute Gasteiger partial charge is 0.365 e. The minimum Gasteiger partial charge on any atom is -0.365 e. The van der Waals surface area contributed by atoms with Crippen molar-refractivity contribution >= 4 is 0 Å². The van der Waals surface area contributed by atoms with Crippen LogP contribution in [0.4, 0.5) is 30.7 Å². The van der Waals surface area contributed by atoms with E-state index in [0.717, 1.165) is 0 Å². The molecule has 0 heterocycles. The molecular weight excluding hydrogens is 213 g/mol. The summed E-state index contributed by atoms with van der Waals surface area (Å²) in [5, 5.41) is 15.4. The molecule has 0 unspecified atom stereocenters. The van der Waals surface area contributed by atoms with Gasteiger partial charge in [0.25, 0.3) is 0 Å². The molecule has 0 aromatic rings. The van der Waals surface area contributed by atoms with E-state index in [1.165, 1.54) is 0 Å². The highest BCUT2D eigenvalue weighted by atomic mass is 19.4. The Balaban J connectivity index is 5.22.